The van der Waals surface area contributed by atoms with E-state index in [1.54, 1.807) is 0 Å². The van der Waals surface area contributed by atoms with Gasteiger partial charge in [-0.15, -0.1) is 0 Å². The molecule has 0 unspecified atom stereocenters. The van der Waals surface area contributed by atoms with Crippen molar-refractivity contribution in [1.29, 1.82) is 0 Å². The van der Waals surface area contributed by atoms with Crippen molar-refractivity contribution in [3.63, 3.8) is 0 Å². The molecule has 0 aromatic heterocycles. The maximum absolute atomic E-state index is 12.9. The normalized spacial score (nSPS) is 15.3. The van der Waals surface area contributed by atoms with Crippen LogP contribution >= 0.6 is 0 Å². The van der Waals surface area contributed by atoms with Gasteiger partial charge in [-0.25, -0.2) is 4.99 Å². The third-order valence-corrected chi connectivity index (χ3v) is 5.71. The third kappa shape index (κ3) is 7.21. The lowest BCUT2D eigenvalue weighted by Gasteiger charge is -2.24. The van der Waals surface area contributed by atoms with Crippen LogP contribution in [-0.4, -0.2) is 30.6 Å². The molecule has 1 aliphatic rings. The molecule has 0 saturated heterocycles. The highest BCUT2D eigenvalue weighted by Gasteiger charge is 2.27. The molecule has 0 bridgehead atoms. The number of benzene rings is 2. The summed E-state index contributed by atoms with van der Waals surface area (Å²) in [6.45, 7) is 13.3. The van der Waals surface area contributed by atoms with Crippen molar-refractivity contribution in [2.24, 2.45) is 10.4 Å². The van der Waals surface area contributed by atoms with E-state index < -0.39 is 5.41 Å². The van der Waals surface area contributed by atoms with E-state index in [2.05, 4.69) is 35.4 Å². The van der Waals surface area contributed by atoms with E-state index in [0.29, 0.717) is 19.1 Å². The molecule has 0 saturated carbocycles. The largest absolute Gasteiger partial charge is 0.493 e. The molecule has 1 amide bonds. The minimum Gasteiger partial charge on any atom is -0.493 e. The Morgan fingerprint density at radius 1 is 1.18 bits per heavy atom. The zero-order valence-corrected chi connectivity index (χ0v) is 20.7. The number of nitrogens with one attached hydrogen (secondary N) is 1. The molecule has 1 aliphatic heterocycles. The number of amides is 1. The summed E-state index contributed by atoms with van der Waals surface area (Å²) in [6, 6.07) is 14.0. The third-order valence-electron chi connectivity index (χ3n) is 5.71. The summed E-state index contributed by atoms with van der Waals surface area (Å²) in [5.74, 6) is 1.55. The zero-order valence-electron chi connectivity index (χ0n) is 20.7. The van der Waals surface area contributed by atoms with Crippen LogP contribution in [0.3, 0.4) is 0 Å². The number of aliphatic imine (C=N–C) groups is 1. The van der Waals surface area contributed by atoms with Crippen LogP contribution in [-0.2, 0) is 9.53 Å². The molecule has 33 heavy (non-hydrogen) atoms. The van der Waals surface area contributed by atoms with Crippen molar-refractivity contribution in [2.45, 2.75) is 59.9 Å². The fraction of sp³-hybridized carbons (Fsp3) is 0.429. The van der Waals surface area contributed by atoms with Crippen molar-refractivity contribution >= 4 is 23.6 Å². The molecule has 0 atom stereocenters. The van der Waals surface area contributed by atoms with E-state index in [1.807, 2.05) is 71.0 Å². The van der Waals surface area contributed by atoms with Crippen molar-refractivity contribution in [1.82, 2.24) is 0 Å². The van der Waals surface area contributed by atoms with Gasteiger partial charge in [0.2, 0.25) is 11.8 Å². The molecule has 3 rings (SSSR count). The van der Waals surface area contributed by atoms with Gasteiger partial charge in [0.05, 0.1) is 12.1 Å². The highest BCUT2D eigenvalue weighted by Crippen LogP contribution is 2.26. The predicted molar refractivity (Wildman–Crippen MR) is 136 cm³/mol. The summed E-state index contributed by atoms with van der Waals surface area (Å²) >= 11 is 0. The molecular formula is C28H36N2O3. The Balaban J connectivity index is 1.52. The maximum Gasteiger partial charge on any atom is 0.230 e. The van der Waals surface area contributed by atoms with E-state index in [9.17, 15) is 4.79 Å². The molecule has 5 heteroatoms. The lowest BCUT2D eigenvalue weighted by atomic mass is 9.87. The molecule has 1 N–H and O–H groups in total. The topological polar surface area (TPSA) is 59.9 Å². The van der Waals surface area contributed by atoms with Crippen LogP contribution in [0.15, 0.2) is 53.5 Å². The van der Waals surface area contributed by atoms with Crippen LogP contribution in [0.2, 0.25) is 0 Å². The van der Waals surface area contributed by atoms with E-state index >= 15 is 0 Å². The quantitative estimate of drug-likeness (QED) is 0.455. The van der Waals surface area contributed by atoms with E-state index in [0.717, 1.165) is 35.4 Å². The van der Waals surface area contributed by atoms with Crippen molar-refractivity contribution < 1.29 is 14.3 Å². The molecule has 176 valence electrons. The Morgan fingerprint density at radius 2 is 1.97 bits per heavy atom. The summed E-state index contributed by atoms with van der Waals surface area (Å²) < 4.78 is 11.5. The molecule has 1 heterocycles. The average molecular weight is 449 g/mol. The van der Waals surface area contributed by atoms with Gasteiger partial charge in [0.25, 0.3) is 0 Å². The molecule has 0 radical (unpaired) electrons. The second kappa shape index (κ2) is 10.2. The number of hydrogen-bond acceptors (Lipinski definition) is 4. The first kappa shape index (κ1) is 24.6. The SMILES string of the molecule is Cc1ccc(C)c(OCCCC(C)(C)C(=O)Nc2cccc(/C=C/C3=NC(C)(C)CO3)c2)c1. The maximum atomic E-state index is 12.9. The Labute approximate surface area is 197 Å². The van der Waals surface area contributed by atoms with Gasteiger partial charge in [-0.1, -0.05) is 38.1 Å². The highest BCUT2D eigenvalue weighted by atomic mass is 16.5. The fourth-order valence-corrected chi connectivity index (χ4v) is 3.56. The monoisotopic (exact) mass is 448 g/mol. The summed E-state index contributed by atoms with van der Waals surface area (Å²) in [7, 11) is 0. The van der Waals surface area contributed by atoms with Crippen molar-refractivity contribution in [2.75, 3.05) is 18.5 Å². The summed E-state index contributed by atoms with van der Waals surface area (Å²) in [5.41, 5.74) is 3.38. The number of ether oxygens (including phenoxy) is 2. The lowest BCUT2D eigenvalue weighted by Crippen LogP contribution is -2.31. The number of anilines is 1. The number of nitrogens with zero attached hydrogens (tertiary/aromatic N) is 1. The van der Waals surface area contributed by atoms with Crippen LogP contribution < -0.4 is 10.1 Å². The molecular weight excluding hydrogens is 412 g/mol. The lowest BCUT2D eigenvalue weighted by molar-refractivity contribution is -0.124. The first-order valence-electron chi connectivity index (χ1n) is 11.6. The van der Waals surface area contributed by atoms with E-state index in [-0.39, 0.29) is 11.4 Å². The average Bonchev–Trinajstić information content (AvgIpc) is 3.11. The Bertz CT molecular complexity index is 1050. The van der Waals surface area contributed by atoms with Gasteiger partial charge in [-0.05, 0) is 81.5 Å². The molecule has 5 nitrogen and oxygen atoms in total. The fourth-order valence-electron chi connectivity index (χ4n) is 3.56. The molecule has 0 fully saturated rings. The van der Waals surface area contributed by atoms with Gasteiger partial charge in [0, 0.05) is 17.2 Å². The van der Waals surface area contributed by atoms with Crippen molar-refractivity contribution in [3.8, 4) is 5.75 Å². The van der Waals surface area contributed by atoms with Gasteiger partial charge in [0.1, 0.15) is 12.4 Å². The smallest absolute Gasteiger partial charge is 0.230 e. The van der Waals surface area contributed by atoms with Gasteiger partial charge in [-0.2, -0.15) is 0 Å². The Morgan fingerprint density at radius 3 is 2.70 bits per heavy atom. The van der Waals surface area contributed by atoms with Crippen LogP contribution in [0.1, 0.15) is 57.2 Å². The first-order valence-corrected chi connectivity index (χ1v) is 11.6. The Hall–Kier alpha value is -3.08. The van der Waals surface area contributed by atoms with Gasteiger partial charge < -0.3 is 14.8 Å². The van der Waals surface area contributed by atoms with E-state index in [1.165, 1.54) is 5.56 Å². The number of rotatable bonds is 9. The minimum absolute atomic E-state index is 0.000571. The molecule has 2 aromatic rings. The molecule has 2 aromatic carbocycles. The first-order chi connectivity index (χ1) is 15.5. The minimum atomic E-state index is -0.505. The summed E-state index contributed by atoms with van der Waals surface area (Å²) in [6.07, 6.45) is 5.35. The van der Waals surface area contributed by atoms with Gasteiger partial charge in [0.15, 0.2) is 0 Å². The van der Waals surface area contributed by atoms with Crippen LogP contribution in [0.5, 0.6) is 5.75 Å². The number of carbonyl (C=O) groups excluding carboxylic acids is 1. The standard InChI is InChI=1S/C28H36N2O3/c1-20-11-12-21(2)24(17-20)32-16-8-15-27(3,4)26(31)29-23-10-7-9-22(18-23)13-14-25-30-28(5,6)19-33-25/h7,9-14,17-18H,8,15-16,19H2,1-6H3,(H,29,31)/b14-13+. The summed E-state index contributed by atoms with van der Waals surface area (Å²) in [4.78, 5) is 17.5. The number of aryl methyl sites for hydroxylation is 2. The van der Waals surface area contributed by atoms with Gasteiger partial charge >= 0.3 is 0 Å². The van der Waals surface area contributed by atoms with E-state index in [4.69, 9.17) is 9.47 Å². The van der Waals surface area contributed by atoms with Crippen LogP contribution in [0, 0.1) is 19.3 Å². The highest BCUT2D eigenvalue weighted by molar-refractivity contribution is 5.96. The van der Waals surface area contributed by atoms with Gasteiger partial charge in [-0.3, -0.25) is 4.79 Å². The van der Waals surface area contributed by atoms with Crippen LogP contribution in [0.25, 0.3) is 6.08 Å². The molecule has 0 aliphatic carbocycles. The molecule has 0 spiro atoms. The zero-order chi connectivity index (χ0) is 24.1. The Kier molecular flexibility index (Phi) is 7.62. The second-order valence-corrected chi connectivity index (χ2v) is 10.1. The number of carbonyl (C=O) groups is 1. The van der Waals surface area contributed by atoms with Crippen LogP contribution in [0.4, 0.5) is 5.69 Å². The summed E-state index contributed by atoms with van der Waals surface area (Å²) in [5, 5.41) is 3.06. The number of hydrogen-bond donors (Lipinski definition) is 1. The van der Waals surface area contributed by atoms with Crippen molar-refractivity contribution in [3.05, 3.63) is 65.2 Å². The predicted octanol–water partition coefficient (Wildman–Crippen LogP) is 6.35. The second-order valence-electron chi connectivity index (χ2n) is 10.1.